The van der Waals surface area contributed by atoms with Gasteiger partial charge in [0.2, 0.25) is 0 Å². The lowest BCUT2D eigenvalue weighted by Crippen LogP contribution is -2.39. The maximum atomic E-state index is 5.45. The number of hydrogen-bond donors (Lipinski definition) is 1. The maximum absolute atomic E-state index is 5.45. The van der Waals surface area contributed by atoms with Crippen LogP contribution in [0.4, 0.5) is 11.6 Å². The Morgan fingerprint density at radius 1 is 0.970 bits per heavy atom. The molecule has 0 saturated carbocycles. The molecule has 33 heavy (non-hydrogen) atoms. The molecule has 0 aromatic carbocycles. The SMILES string of the molecule is CC(C)n1cnc2c(NCCN3CCOCC3)nc(-c3ccc(N4CCOCC4)nc3)nc21. The van der Waals surface area contributed by atoms with Crippen LogP contribution in [-0.4, -0.2) is 95.1 Å². The molecular formula is C23H32N8O2. The molecule has 0 aliphatic carbocycles. The van der Waals surface area contributed by atoms with Crippen molar-refractivity contribution in [2.45, 2.75) is 19.9 Å². The van der Waals surface area contributed by atoms with Crippen molar-refractivity contribution >= 4 is 22.8 Å². The number of imidazole rings is 1. The van der Waals surface area contributed by atoms with E-state index in [9.17, 15) is 0 Å². The molecule has 1 N–H and O–H groups in total. The Balaban J connectivity index is 1.40. The van der Waals surface area contributed by atoms with Gasteiger partial charge in [-0.1, -0.05) is 0 Å². The molecule has 3 aromatic rings. The van der Waals surface area contributed by atoms with Gasteiger partial charge < -0.3 is 24.3 Å². The van der Waals surface area contributed by atoms with Gasteiger partial charge in [0.25, 0.3) is 0 Å². The number of fused-ring (bicyclic) bond motifs is 1. The van der Waals surface area contributed by atoms with Crippen molar-refractivity contribution in [2.24, 2.45) is 0 Å². The Kier molecular flexibility index (Phi) is 6.65. The van der Waals surface area contributed by atoms with E-state index in [-0.39, 0.29) is 6.04 Å². The number of hydrogen-bond acceptors (Lipinski definition) is 9. The zero-order chi connectivity index (χ0) is 22.6. The fourth-order valence-corrected chi connectivity index (χ4v) is 4.20. The highest BCUT2D eigenvalue weighted by Gasteiger charge is 2.18. The number of rotatable bonds is 7. The smallest absolute Gasteiger partial charge is 0.166 e. The summed E-state index contributed by atoms with van der Waals surface area (Å²) in [7, 11) is 0. The van der Waals surface area contributed by atoms with Crippen LogP contribution in [0.2, 0.25) is 0 Å². The topological polar surface area (TPSA) is 93.5 Å². The Morgan fingerprint density at radius 2 is 1.73 bits per heavy atom. The maximum Gasteiger partial charge on any atom is 0.166 e. The summed E-state index contributed by atoms with van der Waals surface area (Å²) in [6, 6.07) is 4.34. The summed E-state index contributed by atoms with van der Waals surface area (Å²) in [5.41, 5.74) is 2.52. The normalized spacial score (nSPS) is 17.7. The van der Waals surface area contributed by atoms with Crippen LogP contribution in [0, 0.1) is 0 Å². The Bertz CT molecular complexity index is 1060. The molecule has 2 fully saturated rings. The molecule has 5 rings (SSSR count). The average Bonchev–Trinajstić information content (AvgIpc) is 3.30. The standard InChI is InChI=1S/C23H32N8O2/c1-17(2)31-16-26-20-22(24-5-6-29-7-11-32-12-8-29)27-21(28-23(20)31)18-3-4-19(25-15-18)30-9-13-33-14-10-30/h3-4,15-17H,5-14H2,1-2H3,(H,24,27,28). The summed E-state index contributed by atoms with van der Waals surface area (Å²) in [6.07, 6.45) is 3.71. The number of pyridine rings is 1. The minimum Gasteiger partial charge on any atom is -0.379 e. The molecule has 10 heteroatoms. The lowest BCUT2D eigenvalue weighted by Gasteiger charge is -2.27. The van der Waals surface area contributed by atoms with Gasteiger partial charge in [-0.3, -0.25) is 4.90 Å². The van der Waals surface area contributed by atoms with Gasteiger partial charge in [-0.15, -0.1) is 0 Å². The van der Waals surface area contributed by atoms with E-state index in [1.807, 2.05) is 24.7 Å². The number of morpholine rings is 2. The van der Waals surface area contributed by atoms with Crippen LogP contribution in [0.1, 0.15) is 19.9 Å². The van der Waals surface area contributed by atoms with Crippen LogP contribution < -0.4 is 10.2 Å². The minimum atomic E-state index is 0.251. The Morgan fingerprint density at radius 3 is 2.42 bits per heavy atom. The summed E-state index contributed by atoms with van der Waals surface area (Å²) < 4.78 is 13.0. The van der Waals surface area contributed by atoms with Crippen LogP contribution in [0.25, 0.3) is 22.6 Å². The summed E-state index contributed by atoms with van der Waals surface area (Å²) in [5.74, 6) is 2.37. The van der Waals surface area contributed by atoms with Gasteiger partial charge in [0, 0.05) is 57.1 Å². The highest BCUT2D eigenvalue weighted by Crippen LogP contribution is 2.26. The lowest BCUT2D eigenvalue weighted by atomic mass is 10.2. The van der Waals surface area contributed by atoms with Crippen molar-refractivity contribution in [3.05, 3.63) is 24.7 Å². The van der Waals surface area contributed by atoms with E-state index in [2.05, 4.69) is 43.5 Å². The third-order valence-electron chi connectivity index (χ3n) is 6.14. The molecule has 2 saturated heterocycles. The fourth-order valence-electron chi connectivity index (χ4n) is 4.20. The third kappa shape index (κ3) is 4.92. The minimum absolute atomic E-state index is 0.251. The molecule has 176 valence electrons. The molecule has 0 atom stereocenters. The number of nitrogens with zero attached hydrogens (tertiary/aromatic N) is 7. The highest BCUT2D eigenvalue weighted by molar-refractivity contribution is 5.85. The van der Waals surface area contributed by atoms with Gasteiger partial charge in [-0.25, -0.2) is 19.9 Å². The van der Waals surface area contributed by atoms with Crippen LogP contribution in [0.3, 0.4) is 0 Å². The van der Waals surface area contributed by atoms with E-state index in [0.717, 1.165) is 94.1 Å². The second-order valence-electron chi connectivity index (χ2n) is 8.70. The first-order chi connectivity index (χ1) is 16.2. The van der Waals surface area contributed by atoms with E-state index in [0.29, 0.717) is 5.82 Å². The highest BCUT2D eigenvalue weighted by atomic mass is 16.5. The molecule has 3 aromatic heterocycles. The number of ether oxygens (including phenoxy) is 2. The first-order valence-electron chi connectivity index (χ1n) is 11.8. The zero-order valence-corrected chi connectivity index (χ0v) is 19.4. The first kappa shape index (κ1) is 22.0. The van der Waals surface area contributed by atoms with Crippen LogP contribution >= 0.6 is 0 Å². The van der Waals surface area contributed by atoms with Crippen molar-refractivity contribution in [3.63, 3.8) is 0 Å². The molecule has 0 spiro atoms. The van der Waals surface area contributed by atoms with Crippen molar-refractivity contribution in [1.29, 1.82) is 0 Å². The van der Waals surface area contributed by atoms with Crippen molar-refractivity contribution in [3.8, 4) is 11.4 Å². The summed E-state index contributed by atoms with van der Waals surface area (Å²) in [6.45, 7) is 12.7. The molecule has 5 heterocycles. The summed E-state index contributed by atoms with van der Waals surface area (Å²) >= 11 is 0. The quantitative estimate of drug-likeness (QED) is 0.578. The van der Waals surface area contributed by atoms with Crippen molar-refractivity contribution < 1.29 is 9.47 Å². The molecule has 0 bridgehead atoms. The molecule has 0 amide bonds. The summed E-state index contributed by atoms with van der Waals surface area (Å²) in [4.78, 5) is 23.7. The van der Waals surface area contributed by atoms with Gasteiger partial charge in [0.15, 0.2) is 17.3 Å². The molecular weight excluding hydrogens is 420 g/mol. The van der Waals surface area contributed by atoms with Crippen LogP contribution in [0.15, 0.2) is 24.7 Å². The molecule has 2 aliphatic heterocycles. The van der Waals surface area contributed by atoms with Crippen LogP contribution in [0.5, 0.6) is 0 Å². The Hall–Kier alpha value is -2.82. The van der Waals surface area contributed by atoms with Gasteiger partial charge in [0.05, 0.1) is 32.8 Å². The van der Waals surface area contributed by atoms with Crippen molar-refractivity contribution in [1.82, 2.24) is 29.4 Å². The van der Waals surface area contributed by atoms with E-state index in [1.165, 1.54) is 0 Å². The molecule has 10 nitrogen and oxygen atoms in total. The molecule has 2 aliphatic rings. The first-order valence-corrected chi connectivity index (χ1v) is 11.8. The Labute approximate surface area is 193 Å². The fraction of sp³-hybridized carbons (Fsp3) is 0.565. The largest absolute Gasteiger partial charge is 0.379 e. The molecule has 0 unspecified atom stereocenters. The predicted octanol–water partition coefficient (Wildman–Crippen LogP) is 2.05. The lowest BCUT2D eigenvalue weighted by molar-refractivity contribution is 0.0398. The second-order valence-corrected chi connectivity index (χ2v) is 8.70. The van der Waals surface area contributed by atoms with Gasteiger partial charge >= 0.3 is 0 Å². The summed E-state index contributed by atoms with van der Waals surface area (Å²) in [5, 5.41) is 3.51. The van der Waals surface area contributed by atoms with E-state index >= 15 is 0 Å². The van der Waals surface area contributed by atoms with E-state index in [4.69, 9.17) is 19.4 Å². The van der Waals surface area contributed by atoms with E-state index in [1.54, 1.807) is 0 Å². The number of aromatic nitrogens is 5. The zero-order valence-electron chi connectivity index (χ0n) is 19.4. The van der Waals surface area contributed by atoms with Gasteiger partial charge in [-0.2, -0.15) is 0 Å². The average molecular weight is 453 g/mol. The number of nitrogens with one attached hydrogen (secondary N) is 1. The van der Waals surface area contributed by atoms with Crippen LogP contribution in [-0.2, 0) is 9.47 Å². The monoisotopic (exact) mass is 452 g/mol. The van der Waals surface area contributed by atoms with Gasteiger partial charge in [0.1, 0.15) is 11.3 Å². The van der Waals surface area contributed by atoms with Gasteiger partial charge in [-0.05, 0) is 26.0 Å². The predicted molar refractivity (Wildman–Crippen MR) is 128 cm³/mol. The number of anilines is 2. The third-order valence-corrected chi connectivity index (χ3v) is 6.14. The molecule has 0 radical (unpaired) electrons. The second kappa shape index (κ2) is 9.98. The van der Waals surface area contributed by atoms with Crippen molar-refractivity contribution in [2.75, 3.05) is 75.9 Å². The van der Waals surface area contributed by atoms with E-state index < -0.39 is 0 Å².